The van der Waals surface area contributed by atoms with Crippen LogP contribution in [-0.2, 0) is 50.5 Å². The minimum atomic E-state index is -5.43. The van der Waals surface area contributed by atoms with Crippen LogP contribution in [0.3, 0.4) is 0 Å². The first-order chi connectivity index (χ1) is 31.8. The number of nitrogens with one attached hydrogen (secondary N) is 1. The molecule has 15 atom stereocenters. The first-order valence-electron chi connectivity index (χ1n) is 19.2. The highest BCUT2D eigenvalue weighted by Gasteiger charge is 2.53. The van der Waals surface area contributed by atoms with Crippen molar-refractivity contribution in [1.82, 2.24) is 58.6 Å². The lowest BCUT2D eigenvalue weighted by Gasteiger charge is -2.25. The second kappa shape index (κ2) is 18.0. The summed E-state index contributed by atoms with van der Waals surface area (Å²) in [5.41, 5.74) is 16.7. The molecule has 34 nitrogen and oxygen atoms in total. The number of H-pyrrole nitrogens is 1. The molecule has 14 N–H and O–H groups in total. The molecule has 37 heteroatoms. The van der Waals surface area contributed by atoms with Crippen molar-refractivity contribution in [2.24, 2.45) is 0 Å². The number of anilines is 3. The van der Waals surface area contributed by atoms with E-state index in [2.05, 4.69) is 44.9 Å². The number of aromatic nitrogens is 12. The number of aromatic amines is 1. The summed E-state index contributed by atoms with van der Waals surface area (Å²) in [6, 6.07) is 0. The first kappa shape index (κ1) is 46.9. The van der Waals surface area contributed by atoms with Crippen molar-refractivity contribution in [3.63, 3.8) is 0 Å². The highest BCUT2D eigenvalue weighted by molar-refractivity contribution is 7.47. The summed E-state index contributed by atoms with van der Waals surface area (Å²) in [5, 5.41) is 44.6. The van der Waals surface area contributed by atoms with Crippen molar-refractivity contribution in [2.75, 3.05) is 37.0 Å². The maximum absolute atomic E-state index is 13.6. The average Bonchev–Trinajstić information content (AvgIpc) is 4.13. The molecule has 0 aromatic carbocycles. The van der Waals surface area contributed by atoms with Gasteiger partial charge in [0.25, 0.3) is 5.56 Å². The number of aliphatic hydroxyl groups is 4. The summed E-state index contributed by atoms with van der Waals surface area (Å²) in [7, 11) is -14.1. The number of nitrogens with two attached hydrogens (primary N) is 3. The van der Waals surface area contributed by atoms with Crippen LogP contribution in [0.25, 0.3) is 33.5 Å². The molecular formula is C30H37N15O19P3+. The Bertz CT molecular complexity index is 3000. The predicted molar refractivity (Wildman–Crippen MR) is 215 cm³/mol. The van der Waals surface area contributed by atoms with E-state index in [-0.39, 0.29) is 51.1 Å². The highest BCUT2D eigenvalue weighted by Crippen LogP contribution is 2.52. The lowest BCUT2D eigenvalue weighted by Crippen LogP contribution is -2.37. The Kier molecular flexibility index (Phi) is 12.6. The minimum Gasteiger partial charge on any atom is -0.387 e. The molecule has 3 unspecified atom stereocenters. The van der Waals surface area contributed by atoms with E-state index in [0.29, 0.717) is 0 Å². The molecule has 0 amide bonds. The van der Waals surface area contributed by atoms with Crippen LogP contribution in [0.2, 0.25) is 0 Å². The third kappa shape index (κ3) is 9.01. The number of imidazole rings is 3. The molecule has 3 aliphatic heterocycles. The number of nitrogen functional groups attached to an aromatic ring is 3. The molecule has 3 saturated heterocycles. The summed E-state index contributed by atoms with van der Waals surface area (Å²) in [6.07, 6.45) is -15.0. The monoisotopic (exact) mass is 1000 g/mol. The van der Waals surface area contributed by atoms with Crippen LogP contribution in [0.1, 0.15) is 18.7 Å². The SMILES string of the molecule is Nc1nc2c(ncn2[C@@H]2O[C@H](COP(=O)(O)O[C@H]3[C@@H](O)[C@H](n4cnc5c(N)ncnc54)O[C@@H]3COP(=O)(O)O[C@H]3[C@@H](O)[C@H](n4cnc5c(N)ncnc54)O[C@@H]3CO[P+](=O)O)[C@@H](O)[C@H]2O)c(=O)[nH]1. The largest absolute Gasteiger partial charge is 0.694 e. The minimum absolute atomic E-state index is 0.00703. The molecule has 360 valence electrons. The van der Waals surface area contributed by atoms with Gasteiger partial charge in [-0.1, -0.05) is 0 Å². The Morgan fingerprint density at radius 3 is 1.61 bits per heavy atom. The third-order valence-electron chi connectivity index (χ3n) is 10.7. The van der Waals surface area contributed by atoms with Crippen LogP contribution in [-0.4, -0.2) is 168 Å². The number of phosphoric acid groups is 2. The molecule has 6 aromatic rings. The van der Waals surface area contributed by atoms with E-state index in [4.69, 9.17) is 54.0 Å². The highest BCUT2D eigenvalue weighted by atomic mass is 31.2. The number of ether oxygens (including phenoxy) is 3. The smallest absolute Gasteiger partial charge is 0.387 e. The predicted octanol–water partition coefficient (Wildman–Crippen LogP) is -3.65. The van der Waals surface area contributed by atoms with Gasteiger partial charge in [-0.15, -0.1) is 9.42 Å². The zero-order chi connectivity index (χ0) is 47.7. The van der Waals surface area contributed by atoms with Crippen molar-refractivity contribution in [3.8, 4) is 0 Å². The quantitative estimate of drug-likeness (QED) is 0.0417. The molecule has 0 saturated carbocycles. The van der Waals surface area contributed by atoms with Crippen LogP contribution in [0.15, 0.2) is 36.4 Å². The zero-order valence-electron chi connectivity index (χ0n) is 33.5. The number of hydrogen-bond acceptors (Lipinski definition) is 27. The molecular weight excluding hydrogens is 967 g/mol. The standard InChI is InChI=1S/C30H36N15O19P3/c31-21-12-23(36-4-34-21)43(6-38-12)28-17(48)19(10(61-28)1-57-65(51)52)63-67(55,56)59-3-11-20(18(49)29(62-11)44-7-39-13-22(32)35-5-37-24(13)44)64-66(53,54)58-2-9-15(46)16(47)27(60-9)45-8-40-14-25(45)41-30(33)42-26(14)50/h4-11,15-20,27-29,46-49H,1-3H2,(H9-,31,32,33,34,35,36,37,41,42,50,51,52,53,54,55,56)/p+1/t9-,10-,11-,15-,16-,17-,18-,19-,20-,27-,28-,29-/m1/s1. The van der Waals surface area contributed by atoms with E-state index in [1.807, 2.05) is 0 Å². The van der Waals surface area contributed by atoms with Crippen molar-refractivity contribution in [1.29, 1.82) is 0 Å². The molecule has 0 spiro atoms. The maximum Gasteiger partial charge on any atom is 0.694 e. The summed E-state index contributed by atoms with van der Waals surface area (Å²) in [6.45, 7) is -2.79. The van der Waals surface area contributed by atoms with E-state index in [9.17, 15) is 53.6 Å². The fourth-order valence-electron chi connectivity index (χ4n) is 7.61. The van der Waals surface area contributed by atoms with E-state index < -0.39 is 123 Å². The van der Waals surface area contributed by atoms with Gasteiger partial charge in [0, 0.05) is 4.57 Å². The zero-order valence-corrected chi connectivity index (χ0v) is 36.1. The number of rotatable bonds is 16. The van der Waals surface area contributed by atoms with Gasteiger partial charge in [-0.05, 0) is 0 Å². The van der Waals surface area contributed by atoms with E-state index in [1.165, 1.54) is 10.9 Å². The molecule has 3 aliphatic rings. The molecule has 0 radical (unpaired) electrons. The van der Waals surface area contributed by atoms with Crippen LogP contribution in [0.5, 0.6) is 0 Å². The fourth-order valence-corrected chi connectivity index (χ4v) is 9.81. The molecule has 67 heavy (non-hydrogen) atoms. The maximum atomic E-state index is 13.6. The van der Waals surface area contributed by atoms with Crippen molar-refractivity contribution >= 4 is 75.0 Å². The second-order valence-electron chi connectivity index (χ2n) is 14.8. The summed E-state index contributed by atoms with van der Waals surface area (Å²) >= 11 is 0. The Balaban J connectivity index is 0.923. The molecule has 9 heterocycles. The number of nitrogens with zero attached hydrogens (tertiary/aromatic N) is 11. The molecule has 3 fully saturated rings. The van der Waals surface area contributed by atoms with E-state index in [0.717, 1.165) is 34.4 Å². The van der Waals surface area contributed by atoms with Crippen LogP contribution < -0.4 is 22.8 Å². The van der Waals surface area contributed by atoms with E-state index >= 15 is 0 Å². The first-order valence-corrected chi connectivity index (χ1v) is 23.3. The Morgan fingerprint density at radius 2 is 1.09 bits per heavy atom. The van der Waals surface area contributed by atoms with Crippen LogP contribution in [0, 0.1) is 0 Å². The van der Waals surface area contributed by atoms with Crippen molar-refractivity contribution < 1.29 is 85.6 Å². The van der Waals surface area contributed by atoms with Crippen molar-refractivity contribution in [3.05, 3.63) is 42.0 Å². The summed E-state index contributed by atoms with van der Waals surface area (Å²) < 4.78 is 85.4. The molecule has 6 aromatic heterocycles. The van der Waals surface area contributed by atoms with Gasteiger partial charge in [-0.2, -0.15) is 4.98 Å². The Labute approximate surface area is 371 Å². The fraction of sp³-hybridized carbons (Fsp3) is 0.500. The lowest BCUT2D eigenvalue weighted by molar-refractivity contribution is -0.0612. The van der Waals surface area contributed by atoms with Gasteiger partial charge in [0.2, 0.25) is 5.95 Å². The molecule has 0 aliphatic carbocycles. The lowest BCUT2D eigenvalue weighted by atomic mass is 10.1. The summed E-state index contributed by atoms with van der Waals surface area (Å²) in [4.78, 5) is 77.8. The number of aliphatic hydroxyl groups excluding tert-OH is 4. The van der Waals surface area contributed by atoms with E-state index in [1.54, 1.807) is 0 Å². The van der Waals surface area contributed by atoms with Crippen molar-refractivity contribution in [2.45, 2.75) is 73.6 Å². The van der Waals surface area contributed by atoms with Gasteiger partial charge >= 0.3 is 23.9 Å². The number of fused-ring (bicyclic) bond motifs is 3. The normalized spacial score (nSPS) is 30.9. The molecule has 0 bridgehead atoms. The van der Waals surface area contributed by atoms with Gasteiger partial charge in [0.05, 0.1) is 32.2 Å². The molecule has 9 rings (SSSR count). The third-order valence-corrected chi connectivity index (χ3v) is 13.0. The Hall–Kier alpha value is -5.19. The van der Waals surface area contributed by atoms with Gasteiger partial charge in [-0.3, -0.25) is 41.6 Å². The average molecular weight is 1000 g/mol. The van der Waals surface area contributed by atoms with Gasteiger partial charge in [-0.25, -0.2) is 44.0 Å². The number of phosphoric ester groups is 2. The second-order valence-corrected chi connectivity index (χ2v) is 18.3. The van der Waals surface area contributed by atoms with Gasteiger partial charge < -0.3 is 61.6 Å². The topological polar surface area (TPSA) is 495 Å². The van der Waals surface area contributed by atoms with Gasteiger partial charge in [0.15, 0.2) is 52.8 Å². The number of hydrogen-bond donors (Lipinski definition) is 11. The Morgan fingerprint density at radius 1 is 0.642 bits per heavy atom. The van der Waals surface area contributed by atoms with Crippen LogP contribution in [0.4, 0.5) is 17.6 Å². The van der Waals surface area contributed by atoms with Gasteiger partial charge in [0.1, 0.15) is 85.2 Å². The van der Waals surface area contributed by atoms with Crippen LogP contribution >= 0.6 is 23.9 Å². The summed E-state index contributed by atoms with van der Waals surface area (Å²) in [5.74, 6) is -0.386.